The van der Waals surface area contributed by atoms with Crippen molar-refractivity contribution in [1.82, 2.24) is 9.71 Å². The van der Waals surface area contributed by atoms with E-state index in [4.69, 9.17) is 4.74 Å². The predicted molar refractivity (Wildman–Crippen MR) is 112 cm³/mol. The van der Waals surface area contributed by atoms with Crippen LogP contribution in [0.25, 0.3) is 22.0 Å². The van der Waals surface area contributed by atoms with E-state index in [9.17, 15) is 13.5 Å². The van der Waals surface area contributed by atoms with E-state index < -0.39 is 10.0 Å². The molecule has 0 aliphatic heterocycles. The van der Waals surface area contributed by atoms with Gasteiger partial charge in [-0.05, 0) is 41.0 Å². The fourth-order valence-corrected chi connectivity index (χ4v) is 4.16. The Kier molecular flexibility index (Phi) is 5.00. The van der Waals surface area contributed by atoms with Crippen molar-refractivity contribution < 1.29 is 18.3 Å². The van der Waals surface area contributed by atoms with Crippen molar-refractivity contribution in [3.8, 4) is 22.6 Å². The van der Waals surface area contributed by atoms with Gasteiger partial charge in [-0.15, -0.1) is 0 Å². The molecule has 0 radical (unpaired) electrons. The molecule has 0 aliphatic rings. The van der Waals surface area contributed by atoms with Crippen LogP contribution in [0.5, 0.6) is 11.5 Å². The number of phenolic OH excluding ortho intramolecular Hbond substituents is 1. The minimum Gasteiger partial charge on any atom is -0.504 e. The summed E-state index contributed by atoms with van der Waals surface area (Å²) in [4.78, 5) is 2.94. The highest BCUT2D eigenvalue weighted by Gasteiger charge is 2.16. The van der Waals surface area contributed by atoms with Crippen LogP contribution < -0.4 is 9.46 Å². The Labute approximate surface area is 168 Å². The van der Waals surface area contributed by atoms with E-state index in [1.165, 1.54) is 7.11 Å². The minimum atomic E-state index is -3.65. The summed E-state index contributed by atoms with van der Waals surface area (Å²) in [5, 5.41) is 10.7. The Hall–Kier alpha value is -3.29. The number of phenols is 1. The van der Waals surface area contributed by atoms with E-state index >= 15 is 0 Å². The van der Waals surface area contributed by atoms with Crippen molar-refractivity contribution >= 4 is 20.9 Å². The fourth-order valence-electron chi connectivity index (χ4n) is 3.12. The highest BCUT2D eigenvalue weighted by atomic mass is 32.2. The molecule has 0 amide bonds. The number of nitrogens with one attached hydrogen (secondary N) is 2. The van der Waals surface area contributed by atoms with Crippen molar-refractivity contribution in [2.75, 3.05) is 7.11 Å². The molecule has 0 saturated heterocycles. The Balaban J connectivity index is 1.49. The number of rotatable bonds is 6. The lowest BCUT2D eigenvalue weighted by molar-refractivity contribution is 0.373. The van der Waals surface area contributed by atoms with Gasteiger partial charge in [0.2, 0.25) is 0 Å². The second kappa shape index (κ2) is 7.62. The monoisotopic (exact) mass is 408 g/mol. The van der Waals surface area contributed by atoms with Crippen LogP contribution in [-0.2, 0) is 16.6 Å². The van der Waals surface area contributed by atoms with Gasteiger partial charge in [-0.3, -0.25) is 0 Å². The molecular formula is C22H20N2O4S. The minimum absolute atomic E-state index is 0.0826. The van der Waals surface area contributed by atoms with Crippen LogP contribution in [0.4, 0.5) is 0 Å². The maximum atomic E-state index is 12.6. The molecule has 29 heavy (non-hydrogen) atoms. The van der Waals surface area contributed by atoms with Gasteiger partial charge in [0.15, 0.2) is 11.5 Å². The van der Waals surface area contributed by atoms with E-state index in [1.807, 2.05) is 48.5 Å². The molecule has 0 saturated carbocycles. The molecule has 4 aromatic rings. The molecule has 0 aliphatic carbocycles. The average molecular weight is 408 g/mol. The van der Waals surface area contributed by atoms with Gasteiger partial charge >= 0.3 is 0 Å². The van der Waals surface area contributed by atoms with Gasteiger partial charge in [-0.1, -0.05) is 48.5 Å². The quantitative estimate of drug-likeness (QED) is 0.449. The number of aromatic nitrogens is 1. The number of aromatic hydroxyl groups is 1. The molecule has 7 heteroatoms. The number of H-pyrrole nitrogens is 1. The third kappa shape index (κ3) is 3.96. The normalized spacial score (nSPS) is 11.6. The van der Waals surface area contributed by atoms with Gasteiger partial charge in [0, 0.05) is 17.4 Å². The SMILES string of the molecule is COc1cc(-c2ccc(CNS(=O)(=O)c3cc4ccccc4[nH]3)cc2)ccc1O. The number of hydrogen-bond donors (Lipinski definition) is 3. The Morgan fingerprint density at radius 2 is 1.69 bits per heavy atom. The summed E-state index contributed by atoms with van der Waals surface area (Å²) in [6, 6.07) is 21.7. The van der Waals surface area contributed by atoms with E-state index in [0.717, 1.165) is 27.6 Å². The molecular weight excluding hydrogens is 388 g/mol. The first-order valence-electron chi connectivity index (χ1n) is 9.00. The van der Waals surface area contributed by atoms with Gasteiger partial charge in [0.1, 0.15) is 5.03 Å². The first kappa shape index (κ1) is 19.0. The summed E-state index contributed by atoms with van der Waals surface area (Å²) < 4.78 is 32.9. The number of para-hydroxylation sites is 1. The maximum Gasteiger partial charge on any atom is 0.256 e. The molecule has 0 unspecified atom stereocenters. The number of ether oxygens (including phenoxy) is 1. The lowest BCUT2D eigenvalue weighted by atomic mass is 10.0. The van der Waals surface area contributed by atoms with Gasteiger partial charge in [-0.2, -0.15) is 0 Å². The lowest BCUT2D eigenvalue weighted by Crippen LogP contribution is -2.23. The van der Waals surface area contributed by atoms with Crippen LogP contribution in [0.15, 0.2) is 77.8 Å². The topological polar surface area (TPSA) is 91.4 Å². The highest BCUT2D eigenvalue weighted by Crippen LogP contribution is 2.31. The number of fused-ring (bicyclic) bond motifs is 1. The van der Waals surface area contributed by atoms with Gasteiger partial charge in [0.05, 0.1) is 7.11 Å². The van der Waals surface area contributed by atoms with Crippen LogP contribution >= 0.6 is 0 Å². The van der Waals surface area contributed by atoms with Crippen molar-refractivity contribution in [2.24, 2.45) is 0 Å². The van der Waals surface area contributed by atoms with E-state index in [-0.39, 0.29) is 17.3 Å². The number of methoxy groups -OCH3 is 1. The second-order valence-corrected chi connectivity index (χ2v) is 8.36. The second-order valence-electron chi connectivity index (χ2n) is 6.63. The van der Waals surface area contributed by atoms with Crippen molar-refractivity contribution in [3.63, 3.8) is 0 Å². The zero-order valence-corrected chi connectivity index (χ0v) is 16.5. The summed E-state index contributed by atoms with van der Waals surface area (Å²) in [6.07, 6.45) is 0. The first-order chi connectivity index (χ1) is 14.0. The zero-order chi connectivity index (χ0) is 20.4. The molecule has 1 aromatic heterocycles. The van der Waals surface area contributed by atoms with Crippen molar-refractivity contribution in [3.05, 3.63) is 78.4 Å². The van der Waals surface area contributed by atoms with E-state index in [1.54, 1.807) is 24.3 Å². The zero-order valence-electron chi connectivity index (χ0n) is 15.7. The van der Waals surface area contributed by atoms with Gasteiger partial charge in [0.25, 0.3) is 10.0 Å². The molecule has 4 rings (SSSR count). The molecule has 3 aromatic carbocycles. The average Bonchev–Trinajstić information content (AvgIpc) is 3.18. The van der Waals surface area contributed by atoms with Crippen molar-refractivity contribution in [2.45, 2.75) is 11.6 Å². The van der Waals surface area contributed by atoms with Crippen LogP contribution in [0.1, 0.15) is 5.56 Å². The Bertz CT molecular complexity index is 1230. The predicted octanol–water partition coefficient (Wildman–Crippen LogP) is 4.03. The number of sulfonamides is 1. The van der Waals surface area contributed by atoms with Crippen molar-refractivity contribution in [1.29, 1.82) is 0 Å². The fraction of sp³-hybridized carbons (Fsp3) is 0.0909. The highest BCUT2D eigenvalue weighted by molar-refractivity contribution is 7.89. The van der Waals surface area contributed by atoms with E-state index in [0.29, 0.717) is 5.75 Å². The van der Waals surface area contributed by atoms with Crippen LogP contribution in [0.3, 0.4) is 0 Å². The van der Waals surface area contributed by atoms with Gasteiger partial charge in [-0.25, -0.2) is 13.1 Å². The summed E-state index contributed by atoms with van der Waals surface area (Å²) in [7, 11) is -2.15. The molecule has 1 heterocycles. The smallest absolute Gasteiger partial charge is 0.256 e. The largest absolute Gasteiger partial charge is 0.504 e. The number of hydrogen-bond acceptors (Lipinski definition) is 4. The molecule has 0 spiro atoms. The lowest BCUT2D eigenvalue weighted by Gasteiger charge is -2.09. The standard InChI is InChI=1S/C22H20N2O4S/c1-28-21-12-17(10-11-20(21)25)16-8-6-15(7-9-16)14-23-29(26,27)22-13-18-4-2-3-5-19(18)24-22/h2-13,23-25H,14H2,1H3. The van der Waals surface area contributed by atoms with Crippen LogP contribution in [-0.4, -0.2) is 25.6 Å². The molecule has 3 N–H and O–H groups in total. The summed E-state index contributed by atoms with van der Waals surface area (Å²) in [5.74, 6) is 0.483. The Morgan fingerprint density at radius 3 is 2.41 bits per heavy atom. The molecule has 0 bridgehead atoms. The molecule has 0 fully saturated rings. The van der Waals surface area contributed by atoms with Crippen LogP contribution in [0.2, 0.25) is 0 Å². The summed E-state index contributed by atoms with van der Waals surface area (Å²) in [6.45, 7) is 0.177. The summed E-state index contributed by atoms with van der Waals surface area (Å²) >= 11 is 0. The third-order valence-electron chi connectivity index (χ3n) is 4.73. The Morgan fingerprint density at radius 1 is 0.966 bits per heavy atom. The number of benzene rings is 3. The maximum absolute atomic E-state index is 12.6. The number of aromatic amines is 1. The molecule has 148 valence electrons. The van der Waals surface area contributed by atoms with Crippen LogP contribution in [0, 0.1) is 0 Å². The summed E-state index contributed by atoms with van der Waals surface area (Å²) in [5.41, 5.74) is 3.44. The molecule has 0 atom stereocenters. The van der Waals surface area contributed by atoms with E-state index in [2.05, 4.69) is 9.71 Å². The first-order valence-corrected chi connectivity index (χ1v) is 10.5. The molecule has 6 nitrogen and oxygen atoms in total. The third-order valence-corrected chi connectivity index (χ3v) is 6.05. The van der Waals surface area contributed by atoms with Gasteiger partial charge < -0.3 is 14.8 Å².